The van der Waals surface area contributed by atoms with Crippen molar-refractivity contribution in [2.24, 2.45) is 0 Å². The second-order valence-electron chi connectivity index (χ2n) is 3.79. The number of carbonyl (C=O) groups is 1. The lowest BCUT2D eigenvalue weighted by molar-refractivity contribution is 0.102. The number of anilines is 2. The smallest absolute Gasteiger partial charge is 0.258 e. The summed E-state index contributed by atoms with van der Waals surface area (Å²) in [5.74, 6) is 0.234. The monoisotopic (exact) mass is 254 g/mol. The highest BCUT2D eigenvalue weighted by Crippen LogP contribution is 2.08. The summed E-state index contributed by atoms with van der Waals surface area (Å²) in [5, 5.41) is 5.70. The molecule has 2 aromatic rings. The molecule has 0 spiro atoms. The minimum absolute atomic E-state index is 0.235. The van der Waals surface area contributed by atoms with Crippen LogP contribution in [0.3, 0.4) is 0 Å². The first-order valence-corrected chi connectivity index (χ1v) is 5.83. The molecule has 0 atom stereocenters. The van der Waals surface area contributed by atoms with Crippen LogP contribution < -0.4 is 10.6 Å². The molecule has 0 bridgehead atoms. The molecule has 0 aliphatic heterocycles. The van der Waals surface area contributed by atoms with Gasteiger partial charge in [0.15, 0.2) is 0 Å². The van der Waals surface area contributed by atoms with Crippen LogP contribution in [0.2, 0.25) is 0 Å². The summed E-state index contributed by atoms with van der Waals surface area (Å²) in [6, 6.07) is 9.24. The fraction of sp³-hybridized carbons (Fsp3) is 0.0714. The Hall–Kier alpha value is -2.69. The molecular weight excluding hydrogens is 240 g/mol. The minimum Gasteiger partial charge on any atom is -0.351 e. The molecule has 19 heavy (non-hydrogen) atoms. The van der Waals surface area contributed by atoms with E-state index >= 15 is 0 Å². The second kappa shape index (κ2) is 6.30. The van der Waals surface area contributed by atoms with Gasteiger partial charge in [0.2, 0.25) is 5.95 Å². The largest absolute Gasteiger partial charge is 0.351 e. The maximum Gasteiger partial charge on any atom is 0.258 e. The molecule has 0 radical (unpaired) electrons. The first kappa shape index (κ1) is 12.8. The average molecular weight is 254 g/mol. The van der Waals surface area contributed by atoms with E-state index in [4.69, 9.17) is 0 Å². The van der Waals surface area contributed by atoms with Gasteiger partial charge in [0.1, 0.15) is 0 Å². The average Bonchev–Trinajstić information content (AvgIpc) is 2.46. The fourth-order valence-corrected chi connectivity index (χ4v) is 1.42. The number of aromatic nitrogens is 2. The van der Waals surface area contributed by atoms with Crippen LogP contribution in [-0.2, 0) is 0 Å². The SMILES string of the molecule is C=CCNc1ncc(C(=O)Nc2ccccc2)cn1. The lowest BCUT2D eigenvalue weighted by atomic mass is 10.3. The maximum absolute atomic E-state index is 11.9. The summed E-state index contributed by atoms with van der Waals surface area (Å²) < 4.78 is 0. The third-order valence-electron chi connectivity index (χ3n) is 2.35. The molecule has 0 aliphatic rings. The lowest BCUT2D eigenvalue weighted by Gasteiger charge is -2.05. The number of rotatable bonds is 5. The Kier molecular flexibility index (Phi) is 4.23. The molecule has 5 nitrogen and oxygen atoms in total. The number of hydrogen-bond donors (Lipinski definition) is 2. The molecular formula is C14H14N4O. The number of carbonyl (C=O) groups excluding carboxylic acids is 1. The van der Waals surface area contributed by atoms with E-state index in [-0.39, 0.29) is 5.91 Å². The van der Waals surface area contributed by atoms with E-state index in [1.165, 1.54) is 12.4 Å². The van der Waals surface area contributed by atoms with E-state index in [1.807, 2.05) is 30.3 Å². The van der Waals surface area contributed by atoms with Crippen molar-refractivity contribution in [3.8, 4) is 0 Å². The fourth-order valence-electron chi connectivity index (χ4n) is 1.42. The quantitative estimate of drug-likeness (QED) is 0.804. The third-order valence-corrected chi connectivity index (χ3v) is 2.35. The molecule has 5 heteroatoms. The molecule has 96 valence electrons. The van der Waals surface area contributed by atoms with Gasteiger partial charge in [0, 0.05) is 24.6 Å². The maximum atomic E-state index is 11.9. The Morgan fingerprint density at radius 1 is 1.21 bits per heavy atom. The van der Waals surface area contributed by atoms with Crippen molar-refractivity contribution in [1.82, 2.24) is 9.97 Å². The van der Waals surface area contributed by atoms with Gasteiger partial charge in [-0.1, -0.05) is 24.3 Å². The molecule has 0 fully saturated rings. The highest BCUT2D eigenvalue weighted by atomic mass is 16.1. The molecule has 0 unspecified atom stereocenters. The van der Waals surface area contributed by atoms with Crippen LogP contribution in [0.4, 0.5) is 11.6 Å². The van der Waals surface area contributed by atoms with Crippen molar-refractivity contribution >= 4 is 17.5 Å². The van der Waals surface area contributed by atoms with Gasteiger partial charge in [0.25, 0.3) is 5.91 Å². The first-order valence-electron chi connectivity index (χ1n) is 5.83. The molecule has 0 saturated carbocycles. The standard InChI is InChI=1S/C14H14N4O/c1-2-8-15-14-16-9-11(10-17-14)13(19)18-12-6-4-3-5-7-12/h2-7,9-10H,1,8H2,(H,18,19)(H,15,16,17). The van der Waals surface area contributed by atoms with Crippen molar-refractivity contribution in [3.05, 3.63) is 60.9 Å². The van der Waals surface area contributed by atoms with Gasteiger partial charge < -0.3 is 10.6 Å². The van der Waals surface area contributed by atoms with E-state index in [9.17, 15) is 4.79 Å². The summed E-state index contributed by atoms with van der Waals surface area (Å²) in [5.41, 5.74) is 1.15. The van der Waals surface area contributed by atoms with Crippen molar-refractivity contribution in [2.45, 2.75) is 0 Å². The van der Waals surface area contributed by atoms with Crippen LogP contribution >= 0.6 is 0 Å². The molecule has 1 aromatic carbocycles. The minimum atomic E-state index is -0.235. The molecule has 1 heterocycles. The van der Waals surface area contributed by atoms with Crippen molar-refractivity contribution < 1.29 is 4.79 Å². The summed E-state index contributed by atoms with van der Waals surface area (Å²) in [6.07, 6.45) is 4.67. The van der Waals surface area contributed by atoms with Crippen LogP contribution in [0.5, 0.6) is 0 Å². The third kappa shape index (κ3) is 3.64. The highest BCUT2D eigenvalue weighted by Gasteiger charge is 2.07. The van der Waals surface area contributed by atoms with Crippen LogP contribution in [0, 0.1) is 0 Å². The summed E-state index contributed by atoms with van der Waals surface area (Å²) in [6.45, 7) is 4.17. The zero-order chi connectivity index (χ0) is 13.5. The highest BCUT2D eigenvalue weighted by molar-refractivity contribution is 6.03. The van der Waals surface area contributed by atoms with Gasteiger partial charge in [-0.05, 0) is 12.1 Å². The lowest BCUT2D eigenvalue weighted by Crippen LogP contribution is -2.13. The van der Waals surface area contributed by atoms with Gasteiger partial charge in [-0.15, -0.1) is 6.58 Å². The van der Waals surface area contributed by atoms with Crippen LogP contribution in [0.25, 0.3) is 0 Å². The molecule has 0 saturated heterocycles. The molecule has 1 aromatic heterocycles. The van der Waals surface area contributed by atoms with Gasteiger partial charge in [0.05, 0.1) is 5.56 Å². The van der Waals surface area contributed by atoms with Crippen molar-refractivity contribution in [3.63, 3.8) is 0 Å². The predicted octanol–water partition coefficient (Wildman–Crippen LogP) is 2.33. The van der Waals surface area contributed by atoms with Gasteiger partial charge in [-0.3, -0.25) is 4.79 Å². The summed E-state index contributed by atoms with van der Waals surface area (Å²) in [7, 11) is 0. The van der Waals surface area contributed by atoms with Crippen molar-refractivity contribution in [1.29, 1.82) is 0 Å². The normalized spacial score (nSPS) is 9.68. The molecule has 2 rings (SSSR count). The molecule has 2 N–H and O–H groups in total. The van der Waals surface area contributed by atoms with Gasteiger partial charge in [-0.25, -0.2) is 9.97 Å². The van der Waals surface area contributed by atoms with Crippen molar-refractivity contribution in [2.75, 3.05) is 17.2 Å². The Morgan fingerprint density at radius 3 is 2.53 bits per heavy atom. The molecule has 1 amide bonds. The topological polar surface area (TPSA) is 66.9 Å². The van der Waals surface area contributed by atoms with E-state index in [0.717, 1.165) is 5.69 Å². The Morgan fingerprint density at radius 2 is 1.89 bits per heavy atom. The Labute approximate surface area is 111 Å². The van der Waals surface area contributed by atoms with Crippen LogP contribution in [0.1, 0.15) is 10.4 Å². The molecule has 0 aliphatic carbocycles. The first-order chi connectivity index (χ1) is 9.29. The second-order valence-corrected chi connectivity index (χ2v) is 3.79. The van der Waals surface area contributed by atoms with Crippen LogP contribution in [-0.4, -0.2) is 22.4 Å². The summed E-state index contributed by atoms with van der Waals surface area (Å²) in [4.78, 5) is 20.0. The number of nitrogens with zero attached hydrogens (tertiary/aromatic N) is 2. The number of benzene rings is 1. The number of amides is 1. The number of para-hydroxylation sites is 1. The number of nitrogens with one attached hydrogen (secondary N) is 2. The van der Waals surface area contributed by atoms with Gasteiger partial charge in [-0.2, -0.15) is 0 Å². The zero-order valence-electron chi connectivity index (χ0n) is 10.3. The van der Waals surface area contributed by atoms with E-state index < -0.39 is 0 Å². The van der Waals surface area contributed by atoms with Gasteiger partial charge >= 0.3 is 0 Å². The van der Waals surface area contributed by atoms with E-state index in [1.54, 1.807) is 6.08 Å². The van der Waals surface area contributed by atoms with Crippen LogP contribution in [0.15, 0.2) is 55.4 Å². The Balaban J connectivity index is 2.01. The Bertz CT molecular complexity index is 551. The summed E-state index contributed by atoms with van der Waals surface area (Å²) >= 11 is 0. The number of hydrogen-bond acceptors (Lipinski definition) is 4. The zero-order valence-corrected chi connectivity index (χ0v) is 10.3. The predicted molar refractivity (Wildman–Crippen MR) is 75.1 cm³/mol. The van der Waals surface area contributed by atoms with E-state index in [0.29, 0.717) is 18.1 Å². The van der Waals surface area contributed by atoms with E-state index in [2.05, 4.69) is 27.2 Å².